The van der Waals surface area contributed by atoms with Gasteiger partial charge in [0.2, 0.25) is 0 Å². The summed E-state index contributed by atoms with van der Waals surface area (Å²) < 4.78 is 5.95. The van der Waals surface area contributed by atoms with Crippen LogP contribution in [0.25, 0.3) is 0 Å². The van der Waals surface area contributed by atoms with Gasteiger partial charge in [0.15, 0.2) is 0 Å². The van der Waals surface area contributed by atoms with Crippen molar-refractivity contribution in [1.29, 1.82) is 0 Å². The molecule has 0 bridgehead atoms. The van der Waals surface area contributed by atoms with Crippen LogP contribution in [-0.4, -0.2) is 55.2 Å². The van der Waals surface area contributed by atoms with Crippen LogP contribution in [0, 0.1) is 0 Å². The molecule has 2 fully saturated rings. The molecule has 122 valence electrons. The van der Waals surface area contributed by atoms with Gasteiger partial charge in [0, 0.05) is 32.2 Å². The molecule has 0 radical (unpaired) electrons. The first-order chi connectivity index (χ1) is 10.8. The van der Waals surface area contributed by atoms with Crippen LogP contribution in [0.1, 0.15) is 31.2 Å². The summed E-state index contributed by atoms with van der Waals surface area (Å²) in [7, 11) is 0. The lowest BCUT2D eigenvalue weighted by molar-refractivity contribution is 0.183. The minimum atomic E-state index is 0.351. The summed E-state index contributed by atoms with van der Waals surface area (Å²) in [6.07, 6.45) is 5.19. The van der Waals surface area contributed by atoms with Crippen LogP contribution in [0.5, 0.6) is 5.75 Å². The van der Waals surface area contributed by atoms with E-state index in [-0.39, 0.29) is 0 Å². The Balaban J connectivity index is 1.44. The second-order valence-corrected chi connectivity index (χ2v) is 6.68. The van der Waals surface area contributed by atoms with Crippen molar-refractivity contribution in [2.75, 3.05) is 39.3 Å². The molecule has 0 saturated carbocycles. The van der Waals surface area contributed by atoms with Crippen molar-refractivity contribution in [2.24, 2.45) is 5.73 Å². The Labute approximate surface area is 134 Å². The minimum Gasteiger partial charge on any atom is -0.492 e. The second kappa shape index (κ2) is 7.95. The largest absolute Gasteiger partial charge is 0.492 e. The molecule has 1 aromatic carbocycles. The lowest BCUT2D eigenvalue weighted by atomic mass is 10.1. The van der Waals surface area contributed by atoms with E-state index in [1.54, 1.807) is 0 Å². The molecule has 0 aliphatic carbocycles. The number of hydrogen-bond acceptors (Lipinski definition) is 4. The van der Waals surface area contributed by atoms with Crippen LogP contribution in [0.3, 0.4) is 0 Å². The molecular formula is C18H29N3O. The van der Waals surface area contributed by atoms with Crippen molar-refractivity contribution in [1.82, 2.24) is 9.80 Å². The highest BCUT2D eigenvalue weighted by Crippen LogP contribution is 2.17. The van der Waals surface area contributed by atoms with E-state index in [2.05, 4.69) is 34.1 Å². The van der Waals surface area contributed by atoms with Gasteiger partial charge in [0.1, 0.15) is 12.4 Å². The number of nitrogens with two attached hydrogens (primary N) is 1. The topological polar surface area (TPSA) is 41.7 Å². The van der Waals surface area contributed by atoms with Crippen LogP contribution in [0.4, 0.5) is 0 Å². The molecule has 1 aromatic rings. The third-order valence-corrected chi connectivity index (χ3v) is 4.74. The van der Waals surface area contributed by atoms with Gasteiger partial charge in [0.25, 0.3) is 0 Å². The summed E-state index contributed by atoms with van der Waals surface area (Å²) >= 11 is 0. The molecule has 0 spiro atoms. The molecule has 0 aromatic heterocycles. The van der Waals surface area contributed by atoms with E-state index in [0.29, 0.717) is 6.04 Å². The lowest BCUT2D eigenvalue weighted by Gasteiger charge is -2.26. The van der Waals surface area contributed by atoms with E-state index in [1.165, 1.54) is 37.9 Å². The van der Waals surface area contributed by atoms with E-state index in [1.807, 2.05) is 0 Å². The molecule has 3 rings (SSSR count). The van der Waals surface area contributed by atoms with Gasteiger partial charge in [0.05, 0.1) is 0 Å². The van der Waals surface area contributed by atoms with Gasteiger partial charge < -0.3 is 10.5 Å². The van der Waals surface area contributed by atoms with Crippen molar-refractivity contribution in [3.63, 3.8) is 0 Å². The Morgan fingerprint density at radius 1 is 1.09 bits per heavy atom. The summed E-state index contributed by atoms with van der Waals surface area (Å²) in [4.78, 5) is 4.94. The fourth-order valence-corrected chi connectivity index (χ4v) is 3.47. The second-order valence-electron chi connectivity index (χ2n) is 6.68. The first-order valence-corrected chi connectivity index (χ1v) is 8.71. The number of rotatable bonds is 6. The summed E-state index contributed by atoms with van der Waals surface area (Å²) in [5.41, 5.74) is 7.30. The number of benzene rings is 1. The van der Waals surface area contributed by atoms with E-state index in [9.17, 15) is 0 Å². The third-order valence-electron chi connectivity index (χ3n) is 4.74. The molecule has 0 amide bonds. The van der Waals surface area contributed by atoms with Crippen LogP contribution >= 0.6 is 0 Å². The van der Waals surface area contributed by atoms with Gasteiger partial charge in [-0.3, -0.25) is 9.80 Å². The molecule has 2 aliphatic rings. The Hall–Kier alpha value is -1.10. The van der Waals surface area contributed by atoms with E-state index in [4.69, 9.17) is 10.5 Å². The van der Waals surface area contributed by atoms with Gasteiger partial charge in [-0.2, -0.15) is 0 Å². The molecule has 22 heavy (non-hydrogen) atoms. The van der Waals surface area contributed by atoms with Gasteiger partial charge in [-0.25, -0.2) is 0 Å². The SMILES string of the molecule is N[C@H]1CCN(Cc2cccc(OCCN3CCCCC3)c2)C1. The number of ether oxygens (including phenoxy) is 1. The maximum atomic E-state index is 5.97. The predicted molar refractivity (Wildman–Crippen MR) is 90.1 cm³/mol. The predicted octanol–water partition coefficient (Wildman–Crippen LogP) is 2.08. The van der Waals surface area contributed by atoms with Crippen LogP contribution in [-0.2, 0) is 6.54 Å². The molecule has 1 atom stereocenters. The maximum Gasteiger partial charge on any atom is 0.119 e. The minimum absolute atomic E-state index is 0.351. The van der Waals surface area contributed by atoms with Crippen molar-refractivity contribution in [3.8, 4) is 5.75 Å². The quantitative estimate of drug-likeness (QED) is 0.874. The van der Waals surface area contributed by atoms with E-state index < -0.39 is 0 Å². The van der Waals surface area contributed by atoms with E-state index in [0.717, 1.165) is 45.0 Å². The highest BCUT2D eigenvalue weighted by atomic mass is 16.5. The van der Waals surface area contributed by atoms with Gasteiger partial charge in [-0.15, -0.1) is 0 Å². The first-order valence-electron chi connectivity index (χ1n) is 8.71. The molecule has 4 nitrogen and oxygen atoms in total. The number of likely N-dealkylation sites (tertiary alicyclic amines) is 2. The maximum absolute atomic E-state index is 5.97. The molecule has 2 saturated heterocycles. The molecule has 4 heteroatoms. The Morgan fingerprint density at radius 2 is 1.95 bits per heavy atom. The molecule has 0 unspecified atom stereocenters. The van der Waals surface area contributed by atoms with Crippen molar-refractivity contribution >= 4 is 0 Å². The summed E-state index contributed by atoms with van der Waals surface area (Å²) in [5, 5.41) is 0. The fourth-order valence-electron chi connectivity index (χ4n) is 3.47. The monoisotopic (exact) mass is 303 g/mol. The van der Waals surface area contributed by atoms with E-state index >= 15 is 0 Å². The molecular weight excluding hydrogens is 274 g/mol. The first kappa shape index (κ1) is 15.8. The van der Waals surface area contributed by atoms with Gasteiger partial charge in [-0.05, 0) is 50.0 Å². The molecule has 2 N–H and O–H groups in total. The fraction of sp³-hybridized carbons (Fsp3) is 0.667. The Kier molecular flexibility index (Phi) is 5.70. The highest BCUT2D eigenvalue weighted by molar-refractivity contribution is 5.28. The summed E-state index contributed by atoms with van der Waals surface area (Å²) in [5.74, 6) is 0.998. The van der Waals surface area contributed by atoms with Crippen molar-refractivity contribution < 1.29 is 4.74 Å². The number of hydrogen-bond donors (Lipinski definition) is 1. The van der Waals surface area contributed by atoms with Gasteiger partial charge >= 0.3 is 0 Å². The Bertz CT molecular complexity index is 459. The summed E-state index contributed by atoms with van der Waals surface area (Å²) in [6.45, 7) is 7.42. The normalized spacial score (nSPS) is 23.8. The van der Waals surface area contributed by atoms with Gasteiger partial charge in [-0.1, -0.05) is 18.6 Å². The Morgan fingerprint density at radius 3 is 2.73 bits per heavy atom. The molecule has 2 heterocycles. The average Bonchev–Trinajstić information content (AvgIpc) is 2.94. The number of piperidine rings is 1. The van der Waals surface area contributed by atoms with Crippen LogP contribution in [0.15, 0.2) is 24.3 Å². The lowest BCUT2D eigenvalue weighted by Crippen LogP contribution is -2.33. The standard InChI is InChI=1S/C18H29N3O/c19-17-7-10-21(15-17)14-16-5-4-6-18(13-16)22-12-11-20-8-2-1-3-9-20/h4-6,13,17H,1-3,7-12,14-15,19H2/t17-/m0/s1. The van der Waals surface area contributed by atoms with Crippen LogP contribution in [0.2, 0.25) is 0 Å². The highest BCUT2D eigenvalue weighted by Gasteiger charge is 2.18. The zero-order chi connectivity index (χ0) is 15.2. The summed E-state index contributed by atoms with van der Waals surface area (Å²) in [6, 6.07) is 8.88. The molecule has 2 aliphatic heterocycles. The van der Waals surface area contributed by atoms with Crippen molar-refractivity contribution in [2.45, 2.75) is 38.3 Å². The average molecular weight is 303 g/mol. The zero-order valence-corrected chi connectivity index (χ0v) is 13.5. The van der Waals surface area contributed by atoms with Crippen LogP contribution < -0.4 is 10.5 Å². The number of nitrogens with zero attached hydrogens (tertiary/aromatic N) is 2. The third kappa shape index (κ3) is 4.70. The smallest absolute Gasteiger partial charge is 0.119 e. The van der Waals surface area contributed by atoms with Crippen molar-refractivity contribution in [3.05, 3.63) is 29.8 Å². The zero-order valence-electron chi connectivity index (χ0n) is 13.5.